The second-order valence-electron chi connectivity index (χ2n) is 6.79. The Morgan fingerprint density at radius 1 is 1.26 bits per heavy atom. The Balaban J connectivity index is 2.01. The summed E-state index contributed by atoms with van der Waals surface area (Å²) in [6.07, 6.45) is 4.79. The van der Waals surface area contributed by atoms with Crippen LogP contribution in [0.2, 0.25) is 0 Å². The van der Waals surface area contributed by atoms with Gasteiger partial charge in [-0.15, -0.1) is 6.58 Å². The molecule has 0 fully saturated rings. The molecule has 3 rings (SSSR count). The summed E-state index contributed by atoms with van der Waals surface area (Å²) in [6, 6.07) is 14.5. The van der Waals surface area contributed by atoms with E-state index in [9.17, 15) is 9.65 Å². The third-order valence-corrected chi connectivity index (χ3v) is 5.01. The van der Waals surface area contributed by atoms with E-state index in [2.05, 4.69) is 22.9 Å². The van der Waals surface area contributed by atoms with E-state index in [1.165, 1.54) is 6.07 Å². The molecule has 0 amide bonds. The zero-order valence-electron chi connectivity index (χ0n) is 15.6. The fourth-order valence-corrected chi connectivity index (χ4v) is 3.51. The van der Waals surface area contributed by atoms with Crippen LogP contribution in [0.4, 0.5) is 4.39 Å². The quantitative estimate of drug-likeness (QED) is 0.543. The van der Waals surface area contributed by atoms with Crippen molar-refractivity contribution in [1.82, 2.24) is 10.3 Å². The van der Waals surface area contributed by atoms with Gasteiger partial charge in [0.1, 0.15) is 5.82 Å². The molecule has 27 heavy (non-hydrogen) atoms. The van der Waals surface area contributed by atoms with Gasteiger partial charge < -0.3 is 10.3 Å². The zero-order valence-corrected chi connectivity index (χ0v) is 15.6. The lowest BCUT2D eigenvalue weighted by atomic mass is 9.93. The van der Waals surface area contributed by atoms with E-state index in [0.717, 1.165) is 53.5 Å². The smallest absolute Gasteiger partial charge is 0.123 e. The fraction of sp³-hybridized carbons (Fsp3) is 0.261. The number of H-pyrrole nitrogens is 1. The van der Waals surface area contributed by atoms with Gasteiger partial charge in [-0.3, -0.25) is 0 Å². The summed E-state index contributed by atoms with van der Waals surface area (Å²) in [5, 5.41) is 13.3. The maximum atomic E-state index is 13.9. The van der Waals surface area contributed by atoms with Gasteiger partial charge in [-0.2, -0.15) is 5.26 Å². The Kier molecular flexibility index (Phi) is 6.05. The number of fused-ring (bicyclic) bond motifs is 1. The maximum Gasteiger partial charge on any atom is 0.123 e. The third kappa shape index (κ3) is 4.27. The number of nitrogens with zero attached hydrogens (tertiary/aromatic N) is 1. The monoisotopic (exact) mass is 361 g/mol. The molecule has 0 saturated carbocycles. The molecule has 3 aromatic rings. The highest BCUT2D eigenvalue weighted by Gasteiger charge is 2.16. The van der Waals surface area contributed by atoms with Crippen LogP contribution in [0.5, 0.6) is 0 Å². The minimum atomic E-state index is -0.240. The number of hydrogen-bond acceptors (Lipinski definition) is 2. The van der Waals surface area contributed by atoms with Crippen molar-refractivity contribution in [3.63, 3.8) is 0 Å². The topological polar surface area (TPSA) is 51.6 Å². The van der Waals surface area contributed by atoms with Crippen molar-refractivity contribution in [2.75, 3.05) is 13.6 Å². The number of nitriles is 1. The van der Waals surface area contributed by atoms with Gasteiger partial charge in [0.25, 0.3) is 0 Å². The molecule has 1 heterocycles. The summed E-state index contributed by atoms with van der Waals surface area (Å²) in [6.45, 7) is 4.90. The molecule has 0 aliphatic heterocycles. The molecule has 3 nitrogen and oxygen atoms in total. The molecule has 0 aliphatic carbocycles. The van der Waals surface area contributed by atoms with Crippen molar-refractivity contribution >= 4 is 10.9 Å². The number of nitrogens with one attached hydrogen (secondary N) is 2. The molecule has 138 valence electrons. The number of aromatic amines is 1. The standard InChI is InChI=1S/C23H24FN3/c1-3-16(11-12-26-2)7-9-20-21-14-19(24)8-10-22(21)27-23(20)18-6-4-5-17(13-18)15-25/h3-6,8,10,13-14,16,26-27H,1,7,9,11-12H2,2H3. The molecule has 1 aromatic heterocycles. The first kappa shape index (κ1) is 18.9. The summed E-state index contributed by atoms with van der Waals surface area (Å²) in [5.41, 5.74) is 4.53. The van der Waals surface area contributed by atoms with Crippen LogP contribution in [0.1, 0.15) is 24.0 Å². The predicted octanol–water partition coefficient (Wildman–Crippen LogP) is 5.19. The highest BCUT2D eigenvalue weighted by molar-refractivity contribution is 5.91. The molecular weight excluding hydrogens is 337 g/mol. The first-order valence-electron chi connectivity index (χ1n) is 9.24. The zero-order chi connectivity index (χ0) is 19.2. The maximum absolute atomic E-state index is 13.9. The first-order chi connectivity index (χ1) is 13.2. The van der Waals surface area contributed by atoms with Crippen molar-refractivity contribution in [3.05, 3.63) is 72.1 Å². The van der Waals surface area contributed by atoms with Crippen LogP contribution in [0.3, 0.4) is 0 Å². The minimum Gasteiger partial charge on any atom is -0.354 e. The average Bonchev–Trinajstić information content (AvgIpc) is 3.06. The van der Waals surface area contributed by atoms with E-state index in [1.54, 1.807) is 18.2 Å². The van der Waals surface area contributed by atoms with E-state index < -0.39 is 0 Å². The minimum absolute atomic E-state index is 0.240. The molecular formula is C23H24FN3. The highest BCUT2D eigenvalue weighted by Crippen LogP contribution is 2.33. The van der Waals surface area contributed by atoms with E-state index >= 15 is 0 Å². The van der Waals surface area contributed by atoms with Crippen molar-refractivity contribution in [2.45, 2.75) is 19.3 Å². The molecule has 0 aliphatic rings. The number of hydrogen-bond donors (Lipinski definition) is 2. The number of aryl methyl sites for hydroxylation is 1. The Morgan fingerprint density at radius 3 is 2.85 bits per heavy atom. The van der Waals surface area contributed by atoms with Crippen LogP contribution in [0.15, 0.2) is 55.1 Å². The van der Waals surface area contributed by atoms with Gasteiger partial charge >= 0.3 is 0 Å². The Morgan fingerprint density at radius 2 is 2.11 bits per heavy atom. The van der Waals surface area contributed by atoms with E-state index in [4.69, 9.17) is 0 Å². The Bertz CT molecular complexity index is 981. The Labute approximate surface area is 159 Å². The predicted molar refractivity (Wildman–Crippen MR) is 109 cm³/mol. The number of rotatable bonds is 8. The van der Waals surface area contributed by atoms with Gasteiger partial charge in [0.15, 0.2) is 0 Å². The largest absolute Gasteiger partial charge is 0.354 e. The summed E-state index contributed by atoms with van der Waals surface area (Å²) in [7, 11) is 1.95. The lowest BCUT2D eigenvalue weighted by Gasteiger charge is -2.13. The number of benzene rings is 2. The molecule has 0 saturated heterocycles. The molecule has 1 unspecified atom stereocenters. The van der Waals surface area contributed by atoms with E-state index in [1.807, 2.05) is 31.3 Å². The van der Waals surface area contributed by atoms with Gasteiger partial charge in [0.2, 0.25) is 0 Å². The molecule has 2 aromatic carbocycles. The molecule has 0 spiro atoms. The van der Waals surface area contributed by atoms with Crippen LogP contribution in [0, 0.1) is 23.1 Å². The third-order valence-electron chi connectivity index (χ3n) is 5.01. The lowest BCUT2D eigenvalue weighted by Crippen LogP contribution is -2.12. The van der Waals surface area contributed by atoms with Crippen LogP contribution in [-0.2, 0) is 6.42 Å². The summed E-state index contributed by atoms with van der Waals surface area (Å²) in [5.74, 6) is 0.157. The molecule has 0 bridgehead atoms. The fourth-order valence-electron chi connectivity index (χ4n) is 3.51. The lowest BCUT2D eigenvalue weighted by molar-refractivity contribution is 0.531. The molecule has 1 atom stereocenters. The van der Waals surface area contributed by atoms with Crippen LogP contribution < -0.4 is 5.32 Å². The molecule has 2 N–H and O–H groups in total. The van der Waals surface area contributed by atoms with Gasteiger partial charge in [-0.25, -0.2) is 4.39 Å². The van der Waals surface area contributed by atoms with Gasteiger partial charge in [-0.05, 0) is 80.2 Å². The number of allylic oxidation sites excluding steroid dienone is 1. The van der Waals surface area contributed by atoms with Crippen LogP contribution in [-0.4, -0.2) is 18.6 Å². The SMILES string of the molecule is C=CC(CCNC)CCc1c(-c2cccc(C#N)c2)[nH]c2ccc(F)cc12. The van der Waals surface area contributed by atoms with Crippen molar-refractivity contribution < 1.29 is 4.39 Å². The van der Waals surface area contributed by atoms with Gasteiger partial charge in [0.05, 0.1) is 11.6 Å². The van der Waals surface area contributed by atoms with Crippen molar-refractivity contribution in [1.29, 1.82) is 5.26 Å². The first-order valence-corrected chi connectivity index (χ1v) is 9.24. The molecule has 4 heteroatoms. The van der Waals surface area contributed by atoms with Crippen molar-refractivity contribution in [3.8, 4) is 17.3 Å². The van der Waals surface area contributed by atoms with Crippen LogP contribution >= 0.6 is 0 Å². The summed E-state index contributed by atoms with van der Waals surface area (Å²) < 4.78 is 13.9. The van der Waals surface area contributed by atoms with E-state index in [0.29, 0.717) is 11.5 Å². The Hall–Kier alpha value is -2.90. The van der Waals surface area contributed by atoms with Gasteiger partial charge in [0, 0.05) is 16.6 Å². The van der Waals surface area contributed by atoms with Crippen molar-refractivity contribution in [2.24, 2.45) is 5.92 Å². The number of halogens is 1. The second kappa shape index (κ2) is 8.66. The average molecular weight is 361 g/mol. The van der Waals surface area contributed by atoms with E-state index in [-0.39, 0.29) is 5.82 Å². The summed E-state index contributed by atoms with van der Waals surface area (Å²) in [4.78, 5) is 3.43. The van der Waals surface area contributed by atoms with Crippen LogP contribution in [0.25, 0.3) is 22.2 Å². The van der Waals surface area contributed by atoms with Gasteiger partial charge in [-0.1, -0.05) is 18.2 Å². The summed E-state index contributed by atoms with van der Waals surface area (Å²) >= 11 is 0. The number of aromatic nitrogens is 1. The second-order valence-corrected chi connectivity index (χ2v) is 6.79. The normalized spacial score (nSPS) is 12.0. The highest BCUT2D eigenvalue weighted by atomic mass is 19.1. The molecule has 0 radical (unpaired) electrons.